The molecule has 30 heavy (non-hydrogen) atoms. The first-order valence-corrected chi connectivity index (χ1v) is 10.1. The number of rotatable bonds is 5. The molecule has 0 bridgehead atoms. The topological polar surface area (TPSA) is 19.4 Å². The third-order valence-corrected chi connectivity index (χ3v) is 5.46. The standard InChI is InChI=1S/C24H24F3N3/c25-24(26,27)22-10-11-23(28-16-22)21-8-6-20(7-9-21)18-30-14-12-29(13-15-30)17-19-4-2-1-3-5-19/h1-11,16H,12-15,17-18H2. The van der Waals surface area contributed by atoms with E-state index in [1.165, 1.54) is 17.2 Å². The first-order valence-electron chi connectivity index (χ1n) is 10.1. The van der Waals surface area contributed by atoms with Crippen LogP contribution in [0.3, 0.4) is 0 Å². The summed E-state index contributed by atoms with van der Waals surface area (Å²) in [6, 6.07) is 20.9. The van der Waals surface area contributed by atoms with Crippen LogP contribution in [0.15, 0.2) is 72.9 Å². The van der Waals surface area contributed by atoms with Gasteiger partial charge in [-0.3, -0.25) is 14.8 Å². The van der Waals surface area contributed by atoms with Crippen molar-refractivity contribution >= 4 is 0 Å². The third-order valence-electron chi connectivity index (χ3n) is 5.46. The van der Waals surface area contributed by atoms with E-state index in [0.29, 0.717) is 5.69 Å². The first kappa shape index (κ1) is 20.6. The molecule has 0 spiro atoms. The number of nitrogens with zero attached hydrogens (tertiary/aromatic N) is 3. The van der Waals surface area contributed by atoms with Gasteiger partial charge in [0.15, 0.2) is 0 Å². The number of hydrogen-bond acceptors (Lipinski definition) is 3. The lowest BCUT2D eigenvalue weighted by Gasteiger charge is -2.34. The molecule has 1 aliphatic rings. The van der Waals surface area contributed by atoms with Crippen molar-refractivity contribution in [2.75, 3.05) is 26.2 Å². The van der Waals surface area contributed by atoms with Crippen molar-refractivity contribution in [3.63, 3.8) is 0 Å². The van der Waals surface area contributed by atoms with Crippen molar-refractivity contribution in [2.45, 2.75) is 19.3 Å². The summed E-state index contributed by atoms with van der Waals surface area (Å²) in [5.41, 5.74) is 3.18. The Labute approximate surface area is 174 Å². The van der Waals surface area contributed by atoms with Gasteiger partial charge in [-0.1, -0.05) is 54.6 Å². The zero-order valence-corrected chi connectivity index (χ0v) is 16.6. The van der Waals surface area contributed by atoms with Gasteiger partial charge in [0, 0.05) is 51.0 Å². The Morgan fingerprint density at radius 3 is 1.77 bits per heavy atom. The van der Waals surface area contributed by atoms with Gasteiger partial charge in [0.1, 0.15) is 0 Å². The molecule has 0 unspecified atom stereocenters. The number of aromatic nitrogens is 1. The Kier molecular flexibility index (Phi) is 6.16. The lowest BCUT2D eigenvalue weighted by atomic mass is 10.1. The van der Waals surface area contributed by atoms with Gasteiger partial charge in [-0.05, 0) is 23.3 Å². The molecule has 1 fully saturated rings. The molecule has 1 saturated heterocycles. The van der Waals surface area contributed by atoms with Crippen molar-refractivity contribution in [3.05, 3.63) is 89.6 Å². The molecule has 0 amide bonds. The van der Waals surface area contributed by atoms with E-state index in [1.54, 1.807) is 0 Å². The Hall–Kier alpha value is -2.70. The molecule has 0 atom stereocenters. The average Bonchev–Trinajstić information content (AvgIpc) is 2.76. The predicted molar refractivity (Wildman–Crippen MR) is 112 cm³/mol. The first-order chi connectivity index (χ1) is 14.5. The van der Waals surface area contributed by atoms with E-state index in [4.69, 9.17) is 0 Å². The van der Waals surface area contributed by atoms with Crippen molar-refractivity contribution in [2.24, 2.45) is 0 Å². The van der Waals surface area contributed by atoms with E-state index >= 15 is 0 Å². The van der Waals surface area contributed by atoms with Crippen LogP contribution in [0.2, 0.25) is 0 Å². The smallest absolute Gasteiger partial charge is 0.297 e. The van der Waals surface area contributed by atoms with Gasteiger partial charge in [0.2, 0.25) is 0 Å². The van der Waals surface area contributed by atoms with E-state index in [9.17, 15) is 13.2 Å². The van der Waals surface area contributed by atoms with Gasteiger partial charge in [0.25, 0.3) is 0 Å². The SMILES string of the molecule is FC(F)(F)c1ccc(-c2ccc(CN3CCN(Cc4ccccc4)CC3)cc2)nc1. The molecule has 4 rings (SSSR count). The Balaban J connectivity index is 1.30. The summed E-state index contributed by atoms with van der Waals surface area (Å²) in [7, 11) is 0. The average molecular weight is 411 g/mol. The molecule has 2 heterocycles. The molecule has 3 nitrogen and oxygen atoms in total. The highest BCUT2D eigenvalue weighted by Crippen LogP contribution is 2.29. The molecule has 1 aromatic heterocycles. The minimum absolute atomic E-state index is 0.545. The maximum atomic E-state index is 12.7. The number of alkyl halides is 3. The monoisotopic (exact) mass is 411 g/mol. The van der Waals surface area contributed by atoms with Crippen molar-refractivity contribution in [1.29, 1.82) is 0 Å². The van der Waals surface area contributed by atoms with E-state index in [1.807, 2.05) is 30.3 Å². The van der Waals surface area contributed by atoms with E-state index in [0.717, 1.165) is 57.1 Å². The van der Waals surface area contributed by atoms with Crippen LogP contribution in [0.4, 0.5) is 13.2 Å². The van der Waals surface area contributed by atoms with Gasteiger partial charge < -0.3 is 0 Å². The van der Waals surface area contributed by atoms with Crippen LogP contribution >= 0.6 is 0 Å². The third kappa shape index (κ3) is 5.26. The van der Waals surface area contributed by atoms with Crippen molar-refractivity contribution in [3.8, 4) is 11.3 Å². The Bertz CT molecular complexity index is 930. The summed E-state index contributed by atoms with van der Waals surface area (Å²) in [6.45, 7) is 6.00. The van der Waals surface area contributed by atoms with Crippen LogP contribution in [0.5, 0.6) is 0 Å². The van der Waals surface area contributed by atoms with E-state index in [2.05, 4.69) is 39.0 Å². The molecule has 3 aromatic rings. The van der Waals surface area contributed by atoms with Crippen LogP contribution in [0, 0.1) is 0 Å². The molecule has 2 aromatic carbocycles. The second-order valence-corrected chi connectivity index (χ2v) is 7.66. The number of hydrogen-bond donors (Lipinski definition) is 0. The van der Waals surface area contributed by atoms with Crippen LogP contribution in [-0.2, 0) is 19.3 Å². The lowest BCUT2D eigenvalue weighted by Crippen LogP contribution is -2.45. The number of halogens is 3. The molecule has 0 radical (unpaired) electrons. The maximum Gasteiger partial charge on any atom is 0.417 e. The zero-order valence-electron chi connectivity index (χ0n) is 16.6. The summed E-state index contributed by atoms with van der Waals surface area (Å²) < 4.78 is 38.0. The van der Waals surface area contributed by atoms with Gasteiger partial charge >= 0.3 is 6.18 Å². The fourth-order valence-corrected chi connectivity index (χ4v) is 3.72. The maximum absolute atomic E-state index is 12.7. The molecule has 0 saturated carbocycles. The van der Waals surface area contributed by atoms with Gasteiger partial charge in [-0.25, -0.2) is 0 Å². The van der Waals surface area contributed by atoms with Crippen molar-refractivity contribution < 1.29 is 13.2 Å². The summed E-state index contributed by atoms with van der Waals surface area (Å²) in [6.07, 6.45) is -3.47. The molecular weight excluding hydrogens is 387 g/mol. The molecule has 1 aliphatic heterocycles. The second-order valence-electron chi connectivity index (χ2n) is 7.66. The lowest BCUT2D eigenvalue weighted by molar-refractivity contribution is -0.137. The predicted octanol–water partition coefficient (Wildman–Crippen LogP) is 5.09. The number of benzene rings is 2. The summed E-state index contributed by atoms with van der Waals surface area (Å²) >= 11 is 0. The quantitative estimate of drug-likeness (QED) is 0.583. The highest BCUT2D eigenvalue weighted by Gasteiger charge is 2.30. The van der Waals surface area contributed by atoms with Crippen molar-refractivity contribution in [1.82, 2.24) is 14.8 Å². The zero-order chi connectivity index (χ0) is 21.0. The van der Waals surface area contributed by atoms with Gasteiger partial charge in [0.05, 0.1) is 11.3 Å². The Morgan fingerprint density at radius 2 is 1.27 bits per heavy atom. The highest BCUT2D eigenvalue weighted by molar-refractivity contribution is 5.59. The summed E-state index contributed by atoms with van der Waals surface area (Å²) in [5.74, 6) is 0. The molecular formula is C24H24F3N3. The Morgan fingerprint density at radius 1 is 0.700 bits per heavy atom. The normalized spacial score (nSPS) is 16.0. The molecule has 0 N–H and O–H groups in total. The van der Waals surface area contributed by atoms with Crippen LogP contribution < -0.4 is 0 Å². The minimum atomic E-state index is -4.36. The van der Waals surface area contributed by atoms with Gasteiger partial charge in [-0.2, -0.15) is 13.2 Å². The fraction of sp³-hybridized carbons (Fsp3) is 0.292. The van der Waals surface area contributed by atoms with Crippen LogP contribution in [-0.4, -0.2) is 41.0 Å². The van der Waals surface area contributed by atoms with E-state index < -0.39 is 11.7 Å². The summed E-state index contributed by atoms with van der Waals surface area (Å²) in [5, 5.41) is 0. The fourth-order valence-electron chi connectivity index (χ4n) is 3.72. The molecule has 156 valence electrons. The van der Waals surface area contributed by atoms with Crippen LogP contribution in [0.1, 0.15) is 16.7 Å². The minimum Gasteiger partial charge on any atom is -0.297 e. The molecule has 0 aliphatic carbocycles. The largest absolute Gasteiger partial charge is 0.417 e. The number of pyridine rings is 1. The molecule has 6 heteroatoms. The number of piperazine rings is 1. The summed E-state index contributed by atoms with van der Waals surface area (Å²) in [4.78, 5) is 8.88. The van der Waals surface area contributed by atoms with Gasteiger partial charge in [-0.15, -0.1) is 0 Å². The van der Waals surface area contributed by atoms with E-state index in [-0.39, 0.29) is 0 Å². The second kappa shape index (κ2) is 8.98. The van der Waals surface area contributed by atoms with Crippen LogP contribution in [0.25, 0.3) is 11.3 Å². The highest BCUT2D eigenvalue weighted by atomic mass is 19.4.